The Morgan fingerprint density at radius 3 is 2.89 bits per heavy atom. The Bertz CT molecular complexity index is 450. The fourth-order valence-electron chi connectivity index (χ4n) is 2.47. The van der Waals surface area contributed by atoms with Crippen molar-refractivity contribution in [1.29, 1.82) is 0 Å². The van der Waals surface area contributed by atoms with E-state index >= 15 is 0 Å². The smallest absolute Gasteiger partial charge is 0.234 e. The Kier molecular flexibility index (Phi) is 4.17. The Labute approximate surface area is 112 Å². The van der Waals surface area contributed by atoms with Crippen molar-refractivity contribution in [2.45, 2.75) is 13.3 Å². The Hall–Kier alpha value is -1.46. The first-order valence-corrected chi connectivity index (χ1v) is 6.34. The second-order valence-electron chi connectivity index (χ2n) is 5.11. The lowest BCUT2D eigenvalue weighted by Crippen LogP contribution is -2.41. The third-order valence-electron chi connectivity index (χ3n) is 3.45. The van der Waals surface area contributed by atoms with Crippen LogP contribution in [-0.4, -0.2) is 32.7 Å². The van der Waals surface area contributed by atoms with Crippen LogP contribution < -0.4 is 10.6 Å². The maximum absolute atomic E-state index is 13.3. The van der Waals surface area contributed by atoms with E-state index in [1.54, 1.807) is 20.1 Å². The summed E-state index contributed by atoms with van der Waals surface area (Å²) in [5.74, 6) is -0.468. The van der Waals surface area contributed by atoms with Gasteiger partial charge in [0.15, 0.2) is 0 Å². The van der Waals surface area contributed by atoms with E-state index in [2.05, 4.69) is 10.6 Å². The summed E-state index contributed by atoms with van der Waals surface area (Å²) in [7, 11) is 1.58. The molecule has 104 valence electrons. The van der Waals surface area contributed by atoms with E-state index in [1.807, 2.05) is 0 Å². The zero-order valence-electron chi connectivity index (χ0n) is 11.3. The number of ether oxygens (including phenoxy) is 1. The lowest BCUT2D eigenvalue weighted by molar-refractivity contribution is -0.127. The molecule has 0 unspecified atom stereocenters. The highest BCUT2D eigenvalue weighted by Gasteiger charge is 2.41. The van der Waals surface area contributed by atoms with Crippen LogP contribution in [-0.2, 0) is 9.53 Å². The molecule has 1 saturated heterocycles. The van der Waals surface area contributed by atoms with Crippen LogP contribution in [0.3, 0.4) is 0 Å². The van der Waals surface area contributed by atoms with E-state index < -0.39 is 5.41 Å². The van der Waals surface area contributed by atoms with Crippen LogP contribution in [0.1, 0.15) is 12.0 Å². The third kappa shape index (κ3) is 3.11. The van der Waals surface area contributed by atoms with Crippen molar-refractivity contribution < 1.29 is 13.9 Å². The number of anilines is 1. The minimum atomic E-state index is -0.561. The largest absolute Gasteiger partial charge is 0.384 e. The van der Waals surface area contributed by atoms with E-state index in [1.165, 1.54) is 12.1 Å². The minimum Gasteiger partial charge on any atom is -0.384 e. The van der Waals surface area contributed by atoms with Gasteiger partial charge in [-0.1, -0.05) is 0 Å². The van der Waals surface area contributed by atoms with Crippen LogP contribution in [0, 0.1) is 18.2 Å². The summed E-state index contributed by atoms with van der Waals surface area (Å²) in [5, 5.41) is 5.96. The monoisotopic (exact) mass is 266 g/mol. The van der Waals surface area contributed by atoms with Crippen molar-refractivity contribution in [3.8, 4) is 0 Å². The highest BCUT2D eigenvalue weighted by atomic mass is 19.1. The summed E-state index contributed by atoms with van der Waals surface area (Å²) in [4.78, 5) is 12.4. The molecule has 0 aromatic heterocycles. The van der Waals surface area contributed by atoms with Gasteiger partial charge in [-0.2, -0.15) is 0 Å². The topological polar surface area (TPSA) is 50.4 Å². The molecule has 5 heteroatoms. The zero-order chi connectivity index (χ0) is 13.9. The highest BCUT2D eigenvalue weighted by Crippen LogP contribution is 2.28. The van der Waals surface area contributed by atoms with E-state index in [0.717, 1.165) is 18.5 Å². The number of carbonyl (C=O) groups is 1. The minimum absolute atomic E-state index is 0.121. The SMILES string of the molecule is COC[C@@]1(C(=O)Nc2cc(C)cc(F)c2)CCNC1. The molecule has 0 radical (unpaired) electrons. The normalized spacial score (nSPS) is 22.5. The van der Waals surface area contributed by atoms with E-state index in [-0.39, 0.29) is 11.7 Å². The van der Waals surface area contributed by atoms with Gasteiger partial charge in [0.25, 0.3) is 0 Å². The molecule has 19 heavy (non-hydrogen) atoms. The average Bonchev–Trinajstić information content (AvgIpc) is 2.78. The van der Waals surface area contributed by atoms with Crippen LogP contribution in [0.25, 0.3) is 0 Å². The molecular weight excluding hydrogens is 247 g/mol. The van der Waals surface area contributed by atoms with Crippen molar-refractivity contribution in [3.05, 3.63) is 29.6 Å². The molecule has 0 bridgehead atoms. The summed E-state index contributed by atoms with van der Waals surface area (Å²) in [6.07, 6.45) is 0.723. The average molecular weight is 266 g/mol. The summed E-state index contributed by atoms with van der Waals surface area (Å²) >= 11 is 0. The van der Waals surface area contributed by atoms with Crippen molar-refractivity contribution in [3.63, 3.8) is 0 Å². The van der Waals surface area contributed by atoms with E-state index in [4.69, 9.17) is 4.74 Å². The first kappa shape index (κ1) is 14.0. The molecule has 1 aliphatic heterocycles. The number of hydrogen-bond acceptors (Lipinski definition) is 3. The van der Waals surface area contributed by atoms with Crippen molar-refractivity contribution in [2.24, 2.45) is 5.41 Å². The van der Waals surface area contributed by atoms with Gasteiger partial charge in [-0.3, -0.25) is 4.79 Å². The van der Waals surface area contributed by atoms with Crippen molar-refractivity contribution in [1.82, 2.24) is 5.32 Å². The molecule has 0 spiro atoms. The van der Waals surface area contributed by atoms with Crippen LogP contribution >= 0.6 is 0 Å². The van der Waals surface area contributed by atoms with Crippen molar-refractivity contribution >= 4 is 11.6 Å². The van der Waals surface area contributed by atoms with Crippen LogP contribution in [0.15, 0.2) is 18.2 Å². The zero-order valence-corrected chi connectivity index (χ0v) is 11.3. The third-order valence-corrected chi connectivity index (χ3v) is 3.45. The number of methoxy groups -OCH3 is 1. The molecule has 1 fully saturated rings. The molecular formula is C14H19FN2O2. The second kappa shape index (κ2) is 5.67. The van der Waals surface area contributed by atoms with Gasteiger partial charge in [-0.15, -0.1) is 0 Å². The lowest BCUT2D eigenvalue weighted by atomic mass is 9.87. The molecule has 2 rings (SSSR count). The van der Waals surface area contributed by atoms with Gasteiger partial charge < -0.3 is 15.4 Å². The van der Waals surface area contributed by atoms with E-state index in [0.29, 0.717) is 18.8 Å². The predicted molar refractivity (Wildman–Crippen MR) is 71.6 cm³/mol. The van der Waals surface area contributed by atoms with Gasteiger partial charge in [-0.05, 0) is 43.7 Å². The van der Waals surface area contributed by atoms with Crippen LogP contribution in [0.2, 0.25) is 0 Å². The lowest BCUT2D eigenvalue weighted by Gasteiger charge is -2.26. The number of carbonyl (C=O) groups excluding carboxylic acids is 1. The van der Waals surface area contributed by atoms with Gasteiger partial charge in [0.2, 0.25) is 5.91 Å². The first-order chi connectivity index (χ1) is 9.05. The number of aryl methyl sites for hydroxylation is 1. The predicted octanol–water partition coefficient (Wildman–Crippen LogP) is 1.70. The fraction of sp³-hybridized carbons (Fsp3) is 0.500. The molecule has 1 atom stereocenters. The molecule has 1 amide bonds. The molecule has 1 aromatic rings. The molecule has 1 heterocycles. The van der Waals surface area contributed by atoms with Gasteiger partial charge in [-0.25, -0.2) is 4.39 Å². The van der Waals surface area contributed by atoms with Gasteiger partial charge in [0, 0.05) is 19.3 Å². The second-order valence-corrected chi connectivity index (χ2v) is 5.11. The van der Waals surface area contributed by atoms with Crippen LogP contribution in [0.5, 0.6) is 0 Å². The van der Waals surface area contributed by atoms with Gasteiger partial charge in [0.05, 0.1) is 12.0 Å². The number of halogens is 1. The number of benzene rings is 1. The Morgan fingerprint density at radius 1 is 1.53 bits per heavy atom. The number of nitrogens with one attached hydrogen (secondary N) is 2. The summed E-state index contributed by atoms with van der Waals surface area (Å²) < 4.78 is 18.5. The van der Waals surface area contributed by atoms with Crippen molar-refractivity contribution in [2.75, 3.05) is 32.1 Å². The molecule has 1 aliphatic rings. The fourth-order valence-corrected chi connectivity index (χ4v) is 2.47. The molecule has 0 saturated carbocycles. The molecule has 2 N–H and O–H groups in total. The first-order valence-electron chi connectivity index (χ1n) is 6.34. The summed E-state index contributed by atoms with van der Waals surface area (Å²) in [6.45, 7) is 3.53. The Morgan fingerprint density at radius 2 is 2.32 bits per heavy atom. The van der Waals surface area contributed by atoms with E-state index in [9.17, 15) is 9.18 Å². The summed E-state index contributed by atoms with van der Waals surface area (Å²) in [5.41, 5.74) is 0.708. The molecule has 1 aromatic carbocycles. The highest BCUT2D eigenvalue weighted by molar-refractivity contribution is 5.96. The number of rotatable bonds is 4. The van der Waals surface area contributed by atoms with Gasteiger partial charge >= 0.3 is 0 Å². The Balaban J connectivity index is 2.14. The standard InChI is InChI=1S/C14H19FN2O2/c1-10-5-11(15)7-12(6-10)17-13(18)14(9-19-2)3-4-16-8-14/h5-7,16H,3-4,8-9H2,1-2H3,(H,17,18)/t14-/m1/s1. The number of hydrogen-bond donors (Lipinski definition) is 2. The quantitative estimate of drug-likeness (QED) is 0.872. The summed E-state index contributed by atoms with van der Waals surface area (Å²) in [6, 6.07) is 4.51. The maximum atomic E-state index is 13.3. The molecule has 0 aliphatic carbocycles. The molecule has 4 nitrogen and oxygen atoms in total. The number of amides is 1. The van der Waals surface area contributed by atoms with Gasteiger partial charge in [0.1, 0.15) is 5.82 Å². The van der Waals surface area contributed by atoms with Crippen LogP contribution in [0.4, 0.5) is 10.1 Å². The maximum Gasteiger partial charge on any atom is 0.234 e.